The fraction of sp³-hybridized carbons (Fsp3) is 0.643. The number of likely N-dealkylation sites (N-methyl/N-ethyl adjacent to an activating group) is 1. The van der Waals surface area contributed by atoms with E-state index < -0.39 is 0 Å². The van der Waals surface area contributed by atoms with Gasteiger partial charge in [-0.15, -0.1) is 11.3 Å². The Morgan fingerprint density at radius 1 is 1.61 bits per heavy atom. The van der Waals surface area contributed by atoms with Crippen LogP contribution in [0.3, 0.4) is 0 Å². The summed E-state index contributed by atoms with van der Waals surface area (Å²) in [4.78, 5) is 15.8. The number of carbonyl (C=O) groups is 1. The minimum Gasteiger partial charge on any atom is -0.338 e. The predicted octanol–water partition coefficient (Wildman–Crippen LogP) is 2.28. The Morgan fingerprint density at radius 3 is 3.11 bits per heavy atom. The van der Waals surface area contributed by atoms with Crippen LogP contribution in [0.4, 0.5) is 0 Å². The molecule has 18 heavy (non-hydrogen) atoms. The summed E-state index contributed by atoms with van der Waals surface area (Å²) in [6, 6.07) is 4.57. The van der Waals surface area contributed by atoms with Gasteiger partial charge in [-0.2, -0.15) is 0 Å². The molecule has 2 unspecified atom stereocenters. The first-order chi connectivity index (χ1) is 8.72. The zero-order valence-corrected chi connectivity index (χ0v) is 12.0. The number of carbonyl (C=O) groups excluding carboxylic acids is 1. The number of nitrogens with one attached hydrogen (secondary N) is 1. The van der Waals surface area contributed by atoms with Gasteiger partial charge in [0.15, 0.2) is 0 Å². The SMILES string of the molecule is CCNC1CCCN(C(C)Cc2cccs2)C1=O. The van der Waals surface area contributed by atoms with E-state index in [0.29, 0.717) is 6.04 Å². The van der Waals surface area contributed by atoms with E-state index in [-0.39, 0.29) is 11.9 Å². The third kappa shape index (κ3) is 3.12. The lowest BCUT2D eigenvalue weighted by molar-refractivity contribution is -0.138. The Hall–Kier alpha value is -0.870. The highest BCUT2D eigenvalue weighted by molar-refractivity contribution is 7.09. The first-order valence-corrected chi connectivity index (χ1v) is 7.66. The third-order valence-electron chi connectivity index (χ3n) is 3.53. The Labute approximate surface area is 113 Å². The number of hydrogen-bond acceptors (Lipinski definition) is 3. The topological polar surface area (TPSA) is 32.3 Å². The number of thiophene rings is 1. The number of piperidine rings is 1. The van der Waals surface area contributed by atoms with E-state index >= 15 is 0 Å². The summed E-state index contributed by atoms with van der Waals surface area (Å²) in [7, 11) is 0. The second kappa shape index (κ2) is 6.34. The number of amides is 1. The molecule has 1 aromatic heterocycles. The number of rotatable bonds is 5. The van der Waals surface area contributed by atoms with Gasteiger partial charge in [-0.25, -0.2) is 0 Å². The fourth-order valence-electron chi connectivity index (χ4n) is 2.60. The molecular weight excluding hydrogens is 244 g/mol. The molecule has 1 aliphatic rings. The molecule has 1 aliphatic heterocycles. The minimum absolute atomic E-state index is 0.0366. The van der Waals surface area contributed by atoms with Crippen molar-refractivity contribution in [1.82, 2.24) is 10.2 Å². The first-order valence-electron chi connectivity index (χ1n) is 6.78. The Balaban J connectivity index is 1.96. The molecule has 1 fully saturated rings. The highest BCUT2D eigenvalue weighted by atomic mass is 32.1. The van der Waals surface area contributed by atoms with Crippen molar-refractivity contribution in [2.45, 2.75) is 45.2 Å². The van der Waals surface area contributed by atoms with Crippen LogP contribution in [0.2, 0.25) is 0 Å². The minimum atomic E-state index is 0.0366. The van der Waals surface area contributed by atoms with Gasteiger partial charge in [0.05, 0.1) is 6.04 Å². The molecule has 0 spiro atoms. The average Bonchev–Trinajstić information content (AvgIpc) is 2.85. The van der Waals surface area contributed by atoms with Crippen LogP contribution in [0.15, 0.2) is 17.5 Å². The second-order valence-electron chi connectivity index (χ2n) is 4.92. The van der Waals surface area contributed by atoms with Crippen LogP contribution >= 0.6 is 11.3 Å². The van der Waals surface area contributed by atoms with Crippen molar-refractivity contribution in [3.05, 3.63) is 22.4 Å². The van der Waals surface area contributed by atoms with E-state index in [1.165, 1.54) is 4.88 Å². The van der Waals surface area contributed by atoms with Crippen LogP contribution in [0.1, 0.15) is 31.6 Å². The maximum absolute atomic E-state index is 12.4. The standard InChI is InChI=1S/C14H22N2OS/c1-3-15-13-7-4-8-16(14(13)17)11(2)10-12-6-5-9-18-12/h5-6,9,11,13,15H,3-4,7-8,10H2,1-2H3. The van der Waals surface area contributed by atoms with E-state index in [9.17, 15) is 4.79 Å². The van der Waals surface area contributed by atoms with Gasteiger partial charge in [0.2, 0.25) is 5.91 Å². The highest BCUT2D eigenvalue weighted by Gasteiger charge is 2.30. The number of nitrogens with zero attached hydrogens (tertiary/aromatic N) is 1. The van der Waals surface area contributed by atoms with Gasteiger partial charge in [0, 0.05) is 23.9 Å². The van der Waals surface area contributed by atoms with Crippen molar-refractivity contribution in [2.75, 3.05) is 13.1 Å². The molecule has 0 aliphatic carbocycles. The zero-order chi connectivity index (χ0) is 13.0. The number of likely N-dealkylation sites (tertiary alicyclic amines) is 1. The summed E-state index contributed by atoms with van der Waals surface area (Å²) >= 11 is 1.77. The molecule has 3 nitrogen and oxygen atoms in total. The smallest absolute Gasteiger partial charge is 0.239 e. The van der Waals surface area contributed by atoms with Gasteiger partial charge < -0.3 is 10.2 Å². The van der Waals surface area contributed by atoms with Gasteiger partial charge in [-0.1, -0.05) is 13.0 Å². The predicted molar refractivity (Wildman–Crippen MR) is 75.9 cm³/mol. The maximum Gasteiger partial charge on any atom is 0.239 e. The summed E-state index contributed by atoms with van der Waals surface area (Å²) in [5.41, 5.74) is 0. The average molecular weight is 266 g/mol. The van der Waals surface area contributed by atoms with Crippen molar-refractivity contribution < 1.29 is 4.79 Å². The summed E-state index contributed by atoms with van der Waals surface area (Å²) in [5.74, 6) is 0.284. The summed E-state index contributed by atoms with van der Waals surface area (Å²) in [5, 5.41) is 5.39. The molecule has 1 N–H and O–H groups in total. The lowest BCUT2D eigenvalue weighted by atomic mass is 10.0. The Bertz CT molecular complexity index is 375. The molecule has 1 aromatic rings. The maximum atomic E-state index is 12.4. The van der Waals surface area contributed by atoms with Crippen LogP contribution in [0, 0.1) is 0 Å². The molecule has 4 heteroatoms. The largest absolute Gasteiger partial charge is 0.338 e. The van der Waals surface area contributed by atoms with Gasteiger partial charge in [0.1, 0.15) is 0 Å². The quantitative estimate of drug-likeness (QED) is 0.887. The van der Waals surface area contributed by atoms with Crippen molar-refractivity contribution in [2.24, 2.45) is 0 Å². The van der Waals surface area contributed by atoms with Crippen LogP contribution in [0.25, 0.3) is 0 Å². The first kappa shape index (κ1) is 13.6. The normalized spacial score (nSPS) is 22.2. The molecule has 2 atom stereocenters. The summed E-state index contributed by atoms with van der Waals surface area (Å²) in [6.45, 7) is 5.99. The summed E-state index contributed by atoms with van der Waals surface area (Å²) < 4.78 is 0. The zero-order valence-electron chi connectivity index (χ0n) is 11.2. The molecule has 1 amide bonds. The fourth-order valence-corrected chi connectivity index (χ4v) is 3.43. The molecule has 2 heterocycles. The van der Waals surface area contributed by atoms with Crippen molar-refractivity contribution in [3.63, 3.8) is 0 Å². The highest BCUT2D eigenvalue weighted by Crippen LogP contribution is 2.19. The van der Waals surface area contributed by atoms with Crippen molar-refractivity contribution >= 4 is 17.2 Å². The van der Waals surface area contributed by atoms with Gasteiger partial charge >= 0.3 is 0 Å². The monoisotopic (exact) mass is 266 g/mol. The van der Waals surface area contributed by atoms with Crippen LogP contribution in [-0.2, 0) is 11.2 Å². The van der Waals surface area contributed by atoms with Crippen LogP contribution < -0.4 is 5.32 Å². The second-order valence-corrected chi connectivity index (χ2v) is 5.95. The Morgan fingerprint density at radius 2 is 2.44 bits per heavy atom. The van der Waals surface area contributed by atoms with Crippen LogP contribution in [0.5, 0.6) is 0 Å². The van der Waals surface area contributed by atoms with E-state index in [1.807, 2.05) is 0 Å². The van der Waals surface area contributed by atoms with Crippen molar-refractivity contribution in [1.29, 1.82) is 0 Å². The lowest BCUT2D eigenvalue weighted by Crippen LogP contribution is -2.53. The molecule has 1 saturated heterocycles. The summed E-state index contributed by atoms with van der Waals surface area (Å²) in [6.07, 6.45) is 3.06. The van der Waals surface area contributed by atoms with E-state index in [2.05, 4.69) is 41.6 Å². The van der Waals surface area contributed by atoms with Gasteiger partial charge in [0.25, 0.3) is 0 Å². The van der Waals surface area contributed by atoms with Gasteiger partial charge in [-0.05, 0) is 37.8 Å². The molecule has 0 bridgehead atoms. The molecule has 0 aromatic carbocycles. The molecular formula is C14H22N2OS. The molecule has 100 valence electrons. The van der Waals surface area contributed by atoms with E-state index in [4.69, 9.17) is 0 Å². The molecule has 2 rings (SSSR count). The number of hydrogen-bond donors (Lipinski definition) is 1. The van der Waals surface area contributed by atoms with Gasteiger partial charge in [-0.3, -0.25) is 4.79 Å². The van der Waals surface area contributed by atoms with E-state index in [0.717, 1.165) is 32.4 Å². The third-order valence-corrected chi connectivity index (χ3v) is 4.43. The lowest BCUT2D eigenvalue weighted by Gasteiger charge is -2.36. The van der Waals surface area contributed by atoms with Crippen molar-refractivity contribution in [3.8, 4) is 0 Å². The molecule has 0 saturated carbocycles. The van der Waals surface area contributed by atoms with Crippen LogP contribution in [-0.4, -0.2) is 36.0 Å². The Kier molecular flexibility index (Phi) is 4.78. The molecule has 0 radical (unpaired) electrons. The van der Waals surface area contributed by atoms with E-state index in [1.54, 1.807) is 11.3 Å².